The van der Waals surface area contributed by atoms with Crippen LogP contribution in [0.15, 0.2) is 54.9 Å². The van der Waals surface area contributed by atoms with Crippen LogP contribution >= 0.6 is 0 Å². The molecule has 8 nitrogen and oxygen atoms in total. The minimum atomic E-state index is -0.294. The summed E-state index contributed by atoms with van der Waals surface area (Å²) in [5.41, 5.74) is 1.99. The fourth-order valence-corrected chi connectivity index (χ4v) is 2.65. The van der Waals surface area contributed by atoms with Gasteiger partial charge in [0.2, 0.25) is 6.79 Å². The van der Waals surface area contributed by atoms with E-state index in [1.54, 1.807) is 7.11 Å². The average Bonchev–Trinajstić information content (AvgIpc) is 3.21. The molecule has 0 spiro atoms. The molecule has 142 valence electrons. The second-order valence-electron chi connectivity index (χ2n) is 6.01. The largest absolute Gasteiger partial charge is 0.497 e. The first-order valence-corrected chi connectivity index (χ1v) is 8.61. The third-order valence-corrected chi connectivity index (χ3v) is 4.14. The Morgan fingerprint density at radius 2 is 1.89 bits per heavy atom. The molecule has 0 saturated carbocycles. The molecule has 1 aliphatic rings. The highest BCUT2D eigenvalue weighted by Crippen LogP contribution is 2.34. The van der Waals surface area contributed by atoms with E-state index in [-0.39, 0.29) is 18.4 Å². The van der Waals surface area contributed by atoms with E-state index < -0.39 is 0 Å². The molecule has 0 saturated heterocycles. The number of carbonyl (C=O) groups is 1. The van der Waals surface area contributed by atoms with Crippen molar-refractivity contribution in [1.29, 1.82) is 0 Å². The van der Waals surface area contributed by atoms with Crippen LogP contribution in [0.4, 0.5) is 11.5 Å². The van der Waals surface area contributed by atoms with Crippen LogP contribution in [-0.4, -0.2) is 29.8 Å². The second-order valence-corrected chi connectivity index (χ2v) is 6.01. The Labute approximate surface area is 161 Å². The summed E-state index contributed by atoms with van der Waals surface area (Å²) >= 11 is 0. The Kier molecular flexibility index (Phi) is 4.92. The first kappa shape index (κ1) is 17.6. The van der Waals surface area contributed by atoms with Crippen molar-refractivity contribution in [3.63, 3.8) is 0 Å². The zero-order valence-corrected chi connectivity index (χ0v) is 15.1. The van der Waals surface area contributed by atoms with Gasteiger partial charge in [0.05, 0.1) is 19.5 Å². The summed E-state index contributed by atoms with van der Waals surface area (Å²) in [4.78, 5) is 20.7. The van der Waals surface area contributed by atoms with Crippen molar-refractivity contribution < 1.29 is 19.0 Å². The van der Waals surface area contributed by atoms with Crippen LogP contribution in [0.2, 0.25) is 0 Å². The number of carbonyl (C=O) groups excluding carboxylic acids is 1. The molecule has 0 atom stereocenters. The lowest BCUT2D eigenvalue weighted by atomic mass is 10.2. The van der Waals surface area contributed by atoms with Crippen molar-refractivity contribution in [3.8, 4) is 17.2 Å². The number of anilines is 2. The quantitative estimate of drug-likeness (QED) is 0.681. The molecule has 0 fully saturated rings. The summed E-state index contributed by atoms with van der Waals surface area (Å²) in [7, 11) is 1.61. The van der Waals surface area contributed by atoms with Gasteiger partial charge in [-0.15, -0.1) is 0 Å². The predicted octanol–water partition coefficient (Wildman–Crippen LogP) is 2.89. The van der Waals surface area contributed by atoms with Gasteiger partial charge in [-0.05, 0) is 29.8 Å². The molecule has 0 unspecified atom stereocenters. The highest BCUT2D eigenvalue weighted by molar-refractivity contribution is 5.92. The highest BCUT2D eigenvalue weighted by atomic mass is 16.7. The molecule has 2 aromatic carbocycles. The maximum absolute atomic E-state index is 12.2. The van der Waals surface area contributed by atoms with Crippen molar-refractivity contribution in [2.45, 2.75) is 6.54 Å². The fourth-order valence-electron chi connectivity index (χ4n) is 2.65. The van der Waals surface area contributed by atoms with Gasteiger partial charge >= 0.3 is 0 Å². The number of aromatic nitrogens is 2. The molecule has 3 aromatic rings. The Morgan fingerprint density at radius 1 is 1.07 bits per heavy atom. The van der Waals surface area contributed by atoms with Crippen LogP contribution in [0.1, 0.15) is 16.1 Å². The third-order valence-electron chi connectivity index (χ3n) is 4.14. The van der Waals surface area contributed by atoms with Gasteiger partial charge in [-0.1, -0.05) is 12.1 Å². The molecule has 0 bridgehead atoms. The minimum absolute atomic E-state index is 0.221. The van der Waals surface area contributed by atoms with Crippen LogP contribution in [0.25, 0.3) is 0 Å². The summed E-state index contributed by atoms with van der Waals surface area (Å²) < 4.78 is 15.7. The number of rotatable bonds is 6. The molecule has 2 heterocycles. The number of hydrogen-bond donors (Lipinski definition) is 2. The van der Waals surface area contributed by atoms with E-state index in [0.29, 0.717) is 23.9 Å². The van der Waals surface area contributed by atoms with E-state index in [9.17, 15) is 4.79 Å². The van der Waals surface area contributed by atoms with Crippen LogP contribution in [-0.2, 0) is 6.54 Å². The van der Waals surface area contributed by atoms with Crippen molar-refractivity contribution in [2.75, 3.05) is 19.2 Å². The molecular weight excluding hydrogens is 360 g/mol. The Balaban J connectivity index is 1.35. The first-order valence-electron chi connectivity index (χ1n) is 8.61. The zero-order valence-electron chi connectivity index (χ0n) is 15.1. The lowest BCUT2D eigenvalue weighted by Crippen LogP contribution is -2.24. The Bertz CT molecular complexity index is 975. The van der Waals surface area contributed by atoms with Crippen LogP contribution < -0.4 is 24.8 Å². The third kappa shape index (κ3) is 3.96. The van der Waals surface area contributed by atoms with Crippen molar-refractivity contribution in [2.24, 2.45) is 0 Å². The number of fused-ring (bicyclic) bond motifs is 1. The normalized spacial score (nSPS) is 11.8. The number of ether oxygens (including phenoxy) is 3. The second kappa shape index (κ2) is 7.83. The van der Waals surface area contributed by atoms with E-state index in [4.69, 9.17) is 14.2 Å². The molecule has 28 heavy (non-hydrogen) atoms. The summed E-state index contributed by atoms with van der Waals surface area (Å²) in [6.07, 6.45) is 2.94. The van der Waals surface area contributed by atoms with Gasteiger partial charge in [0, 0.05) is 18.3 Å². The molecule has 8 heteroatoms. The highest BCUT2D eigenvalue weighted by Gasteiger charge is 2.14. The van der Waals surface area contributed by atoms with Gasteiger partial charge in [-0.25, -0.2) is 9.97 Å². The van der Waals surface area contributed by atoms with E-state index in [1.165, 1.54) is 12.4 Å². The fraction of sp³-hybridized carbons (Fsp3) is 0.150. The van der Waals surface area contributed by atoms with Gasteiger partial charge < -0.3 is 24.8 Å². The monoisotopic (exact) mass is 378 g/mol. The van der Waals surface area contributed by atoms with Gasteiger partial charge in [0.15, 0.2) is 11.5 Å². The maximum atomic E-state index is 12.2. The number of amides is 1. The van der Waals surface area contributed by atoms with E-state index >= 15 is 0 Å². The topological polar surface area (TPSA) is 94.6 Å². The molecule has 1 aliphatic heterocycles. The van der Waals surface area contributed by atoms with Crippen LogP contribution in [0, 0.1) is 0 Å². The summed E-state index contributed by atoms with van der Waals surface area (Å²) in [6, 6.07) is 13.0. The molecule has 1 amide bonds. The molecular formula is C20H18N4O4. The van der Waals surface area contributed by atoms with Gasteiger partial charge in [0.1, 0.15) is 17.3 Å². The molecule has 0 radical (unpaired) electrons. The molecule has 1 aromatic heterocycles. The lowest BCUT2D eigenvalue weighted by molar-refractivity contribution is 0.0945. The SMILES string of the molecule is COc1ccc(CNC(=O)c2cnc(Nc3ccc4c(c3)OCO4)cn2)cc1. The number of hydrogen-bond acceptors (Lipinski definition) is 7. The van der Waals surface area contributed by atoms with E-state index in [0.717, 1.165) is 17.0 Å². The minimum Gasteiger partial charge on any atom is -0.497 e. The summed E-state index contributed by atoms with van der Waals surface area (Å²) in [5, 5.41) is 5.93. The van der Waals surface area contributed by atoms with Crippen molar-refractivity contribution >= 4 is 17.4 Å². The lowest BCUT2D eigenvalue weighted by Gasteiger charge is -2.08. The maximum Gasteiger partial charge on any atom is 0.271 e. The van der Waals surface area contributed by atoms with Gasteiger partial charge in [-0.2, -0.15) is 0 Å². The predicted molar refractivity (Wildman–Crippen MR) is 102 cm³/mol. The Hall–Kier alpha value is -3.81. The molecule has 0 aliphatic carbocycles. The van der Waals surface area contributed by atoms with Gasteiger partial charge in [-0.3, -0.25) is 4.79 Å². The Morgan fingerprint density at radius 3 is 2.64 bits per heavy atom. The standard InChI is InChI=1S/C20H18N4O4/c1-26-15-5-2-13(3-6-15)9-23-20(25)16-10-22-19(11-21-16)24-14-4-7-17-18(8-14)28-12-27-17/h2-8,10-11H,9,12H2,1H3,(H,22,24)(H,23,25). The van der Waals surface area contributed by atoms with Crippen molar-refractivity contribution in [3.05, 3.63) is 66.1 Å². The smallest absolute Gasteiger partial charge is 0.271 e. The first-order chi connectivity index (χ1) is 13.7. The average molecular weight is 378 g/mol. The number of methoxy groups -OCH3 is 1. The van der Waals surface area contributed by atoms with E-state index in [1.807, 2.05) is 42.5 Å². The number of benzene rings is 2. The van der Waals surface area contributed by atoms with E-state index in [2.05, 4.69) is 20.6 Å². The zero-order chi connectivity index (χ0) is 19.3. The van der Waals surface area contributed by atoms with Crippen LogP contribution in [0.5, 0.6) is 17.2 Å². The molecule has 4 rings (SSSR count). The van der Waals surface area contributed by atoms with Crippen molar-refractivity contribution in [1.82, 2.24) is 15.3 Å². The van der Waals surface area contributed by atoms with Crippen LogP contribution in [0.3, 0.4) is 0 Å². The molecule has 2 N–H and O–H groups in total. The summed E-state index contributed by atoms with van der Waals surface area (Å²) in [5.74, 6) is 2.38. The number of nitrogens with zero attached hydrogens (tertiary/aromatic N) is 2. The summed E-state index contributed by atoms with van der Waals surface area (Å²) in [6.45, 7) is 0.612. The number of nitrogens with one attached hydrogen (secondary N) is 2. The van der Waals surface area contributed by atoms with Gasteiger partial charge in [0.25, 0.3) is 5.91 Å².